The molecule has 0 aliphatic rings. The molecule has 0 atom stereocenters. The monoisotopic (exact) mass is 312 g/mol. The van der Waals surface area contributed by atoms with E-state index in [-0.39, 0.29) is 34.3 Å². The van der Waals surface area contributed by atoms with Gasteiger partial charge in [0.05, 0.1) is 0 Å². The van der Waals surface area contributed by atoms with E-state index in [9.17, 15) is 4.79 Å². The summed E-state index contributed by atoms with van der Waals surface area (Å²) in [6.45, 7) is 0. The van der Waals surface area contributed by atoms with Crippen molar-refractivity contribution in [1.29, 1.82) is 0 Å². The predicted molar refractivity (Wildman–Crippen MR) is 85.6 cm³/mol. The Kier molecular flexibility index (Phi) is 3.60. The number of benzene rings is 1. The van der Waals surface area contributed by atoms with E-state index in [1.807, 2.05) is 12.3 Å². The van der Waals surface area contributed by atoms with Gasteiger partial charge >= 0.3 is 0 Å². The van der Waals surface area contributed by atoms with E-state index >= 15 is 0 Å². The number of carbonyl (C=O) groups excluding carboxylic acids is 1. The van der Waals surface area contributed by atoms with Crippen LogP contribution in [0.15, 0.2) is 35.5 Å². The number of ketones is 1. The van der Waals surface area contributed by atoms with E-state index in [1.165, 1.54) is 11.8 Å². The molecule has 0 fully saturated rings. The number of nitrogens with two attached hydrogens (primary N) is 2. The van der Waals surface area contributed by atoms with Crippen LogP contribution in [0.3, 0.4) is 0 Å². The summed E-state index contributed by atoms with van der Waals surface area (Å²) in [5.74, 6) is -0.128. The van der Waals surface area contributed by atoms with Crippen LogP contribution in [0, 0.1) is 0 Å². The standard InChI is InChI=1S/C14H12N6OS/c1-22-14-19-12(16)9-13(20-14)18-11(15)8(17-9)10(21)7-5-3-2-4-6-7/h2-6H,1H3,(H4,15,16,18,19,20). The first-order chi connectivity index (χ1) is 10.6. The third-order valence-electron chi connectivity index (χ3n) is 3.00. The molecule has 3 rings (SSSR count). The summed E-state index contributed by atoms with van der Waals surface area (Å²) in [7, 11) is 0. The van der Waals surface area contributed by atoms with Crippen molar-refractivity contribution in [2.75, 3.05) is 17.7 Å². The van der Waals surface area contributed by atoms with Gasteiger partial charge in [-0.2, -0.15) is 0 Å². The van der Waals surface area contributed by atoms with Crippen molar-refractivity contribution < 1.29 is 4.79 Å². The van der Waals surface area contributed by atoms with E-state index in [2.05, 4.69) is 19.9 Å². The van der Waals surface area contributed by atoms with E-state index in [4.69, 9.17) is 11.5 Å². The molecule has 2 heterocycles. The lowest BCUT2D eigenvalue weighted by Gasteiger charge is -2.07. The van der Waals surface area contributed by atoms with Crippen LogP contribution in [0.25, 0.3) is 11.2 Å². The molecule has 0 aliphatic heterocycles. The van der Waals surface area contributed by atoms with Gasteiger partial charge in [-0.25, -0.2) is 19.9 Å². The molecule has 0 saturated carbocycles. The number of hydrogen-bond acceptors (Lipinski definition) is 8. The molecule has 0 aliphatic carbocycles. The quantitative estimate of drug-likeness (QED) is 0.424. The number of thioether (sulfide) groups is 1. The second-order valence-corrected chi connectivity index (χ2v) is 5.19. The largest absolute Gasteiger partial charge is 0.382 e. The number of anilines is 2. The molecule has 3 aromatic rings. The van der Waals surface area contributed by atoms with Crippen LogP contribution in [0.5, 0.6) is 0 Å². The Morgan fingerprint density at radius 3 is 2.41 bits per heavy atom. The third-order valence-corrected chi connectivity index (χ3v) is 3.55. The summed E-state index contributed by atoms with van der Waals surface area (Å²) in [5.41, 5.74) is 12.8. The molecule has 2 aromatic heterocycles. The molecule has 0 unspecified atom stereocenters. The van der Waals surface area contributed by atoms with Crippen molar-refractivity contribution in [1.82, 2.24) is 19.9 Å². The summed E-state index contributed by atoms with van der Waals surface area (Å²) < 4.78 is 0. The lowest BCUT2D eigenvalue weighted by Crippen LogP contribution is -2.12. The van der Waals surface area contributed by atoms with E-state index in [1.54, 1.807) is 24.3 Å². The minimum atomic E-state index is -0.319. The van der Waals surface area contributed by atoms with Crippen LogP contribution >= 0.6 is 11.8 Å². The van der Waals surface area contributed by atoms with Crippen molar-refractivity contribution in [3.8, 4) is 0 Å². The van der Waals surface area contributed by atoms with Gasteiger partial charge in [0.15, 0.2) is 33.6 Å². The van der Waals surface area contributed by atoms with Gasteiger partial charge < -0.3 is 11.5 Å². The molecule has 0 spiro atoms. The minimum absolute atomic E-state index is 0.0199. The molecule has 4 N–H and O–H groups in total. The second kappa shape index (κ2) is 5.57. The molecule has 0 amide bonds. The summed E-state index contributed by atoms with van der Waals surface area (Å²) in [5, 5.41) is 0.473. The number of hydrogen-bond donors (Lipinski definition) is 2. The molecule has 1 aromatic carbocycles. The average Bonchev–Trinajstić information content (AvgIpc) is 2.54. The molecule has 0 bridgehead atoms. The third kappa shape index (κ3) is 2.44. The number of rotatable bonds is 3. The smallest absolute Gasteiger partial charge is 0.215 e. The highest BCUT2D eigenvalue weighted by Gasteiger charge is 2.18. The molecular formula is C14H12N6OS. The Hall–Kier alpha value is -2.74. The van der Waals surface area contributed by atoms with Gasteiger partial charge in [0.25, 0.3) is 0 Å². The zero-order valence-electron chi connectivity index (χ0n) is 11.6. The van der Waals surface area contributed by atoms with Crippen molar-refractivity contribution >= 4 is 40.3 Å². The molecule has 0 saturated heterocycles. The first-order valence-electron chi connectivity index (χ1n) is 6.34. The van der Waals surface area contributed by atoms with Gasteiger partial charge in [0, 0.05) is 5.56 Å². The Balaban J connectivity index is 2.17. The average molecular weight is 312 g/mol. The van der Waals surface area contributed by atoms with Crippen LogP contribution < -0.4 is 11.5 Å². The Morgan fingerprint density at radius 1 is 1.00 bits per heavy atom. The van der Waals surface area contributed by atoms with Crippen LogP contribution in [-0.4, -0.2) is 32.0 Å². The number of aromatic nitrogens is 4. The Labute approximate surface area is 130 Å². The number of nitrogen functional groups attached to an aromatic ring is 2. The maximum absolute atomic E-state index is 12.5. The highest BCUT2D eigenvalue weighted by atomic mass is 32.2. The molecule has 7 nitrogen and oxygen atoms in total. The number of nitrogens with zero attached hydrogens (tertiary/aromatic N) is 4. The van der Waals surface area contributed by atoms with Crippen LogP contribution in [0.4, 0.5) is 11.6 Å². The SMILES string of the molecule is CSc1nc(N)c2nc(C(=O)c3ccccc3)c(N)nc2n1. The van der Waals surface area contributed by atoms with E-state index in [0.29, 0.717) is 10.7 Å². The molecule has 110 valence electrons. The molecule has 8 heteroatoms. The second-order valence-electron chi connectivity index (χ2n) is 4.42. The zero-order valence-corrected chi connectivity index (χ0v) is 12.5. The first kappa shape index (κ1) is 14.2. The molecule has 0 radical (unpaired) electrons. The number of fused-ring (bicyclic) bond motifs is 1. The lowest BCUT2D eigenvalue weighted by molar-refractivity contribution is 0.103. The Bertz CT molecular complexity index is 868. The summed E-state index contributed by atoms with van der Waals surface area (Å²) in [6.07, 6.45) is 1.82. The first-order valence-corrected chi connectivity index (χ1v) is 7.57. The Morgan fingerprint density at radius 2 is 1.73 bits per heavy atom. The van der Waals surface area contributed by atoms with Gasteiger partial charge in [-0.15, -0.1) is 0 Å². The fraction of sp³-hybridized carbons (Fsp3) is 0.0714. The fourth-order valence-corrected chi connectivity index (χ4v) is 2.31. The highest BCUT2D eigenvalue weighted by Crippen LogP contribution is 2.22. The van der Waals surface area contributed by atoms with Crippen LogP contribution in [0.2, 0.25) is 0 Å². The maximum atomic E-state index is 12.5. The molecular weight excluding hydrogens is 300 g/mol. The minimum Gasteiger partial charge on any atom is -0.382 e. The van der Waals surface area contributed by atoms with Gasteiger partial charge in [-0.3, -0.25) is 4.79 Å². The predicted octanol–water partition coefficient (Wildman–Crippen LogP) is 1.54. The molecule has 22 heavy (non-hydrogen) atoms. The highest BCUT2D eigenvalue weighted by molar-refractivity contribution is 7.98. The van der Waals surface area contributed by atoms with Gasteiger partial charge in [-0.05, 0) is 6.26 Å². The van der Waals surface area contributed by atoms with Crippen molar-refractivity contribution in [3.63, 3.8) is 0 Å². The van der Waals surface area contributed by atoms with Crippen LogP contribution in [-0.2, 0) is 0 Å². The normalized spacial score (nSPS) is 10.8. The summed E-state index contributed by atoms with van der Waals surface area (Å²) in [4.78, 5) is 29.1. The lowest BCUT2D eigenvalue weighted by atomic mass is 10.1. The zero-order chi connectivity index (χ0) is 15.7. The van der Waals surface area contributed by atoms with Crippen LogP contribution in [0.1, 0.15) is 16.1 Å². The van der Waals surface area contributed by atoms with Gasteiger partial charge in [0.2, 0.25) is 5.78 Å². The van der Waals surface area contributed by atoms with Crippen molar-refractivity contribution in [2.24, 2.45) is 0 Å². The topological polar surface area (TPSA) is 121 Å². The fourth-order valence-electron chi connectivity index (χ4n) is 1.95. The van der Waals surface area contributed by atoms with Gasteiger partial charge in [0.1, 0.15) is 0 Å². The van der Waals surface area contributed by atoms with Gasteiger partial charge in [-0.1, -0.05) is 42.1 Å². The maximum Gasteiger partial charge on any atom is 0.215 e. The number of carbonyl (C=O) groups is 1. The van der Waals surface area contributed by atoms with Crippen molar-refractivity contribution in [3.05, 3.63) is 41.6 Å². The summed E-state index contributed by atoms with van der Waals surface area (Å²) in [6, 6.07) is 8.72. The van der Waals surface area contributed by atoms with E-state index < -0.39 is 0 Å². The van der Waals surface area contributed by atoms with Crippen molar-refractivity contribution in [2.45, 2.75) is 5.16 Å². The summed E-state index contributed by atoms with van der Waals surface area (Å²) >= 11 is 1.33. The van der Waals surface area contributed by atoms with E-state index in [0.717, 1.165) is 0 Å².